The molecule has 0 N–H and O–H groups in total. The highest BCUT2D eigenvalue weighted by atomic mass is 16.5. The Bertz CT molecular complexity index is 839. The van der Waals surface area contributed by atoms with Crippen molar-refractivity contribution in [2.45, 2.75) is 31.4 Å². The lowest BCUT2D eigenvalue weighted by molar-refractivity contribution is -0.141. The van der Waals surface area contributed by atoms with Crippen LogP contribution in [0.4, 0.5) is 0 Å². The SMILES string of the molecule is COCCN1CC2(CCN(C(=O)Cn3cc4ccccc4n3)CC2)OCCC1=O. The standard InChI is InChI=1S/C21H28N4O4/c1-28-13-11-24-16-21(29-12-6-19(24)26)7-9-23(10-8-21)20(27)15-25-14-17-4-2-3-5-18(17)22-25/h2-5,14H,6-13,15-16H2,1H3. The maximum atomic E-state index is 12.8. The van der Waals surface area contributed by atoms with Crippen molar-refractivity contribution in [3.63, 3.8) is 0 Å². The summed E-state index contributed by atoms with van der Waals surface area (Å²) in [6.45, 7) is 3.61. The van der Waals surface area contributed by atoms with Gasteiger partial charge in [0.15, 0.2) is 0 Å². The Labute approximate surface area is 170 Å². The summed E-state index contributed by atoms with van der Waals surface area (Å²) in [7, 11) is 1.64. The highest BCUT2D eigenvalue weighted by molar-refractivity contribution is 5.80. The second-order valence-corrected chi connectivity index (χ2v) is 7.86. The molecule has 156 valence electrons. The van der Waals surface area contributed by atoms with Crippen LogP contribution in [0, 0.1) is 0 Å². The molecule has 0 atom stereocenters. The van der Waals surface area contributed by atoms with Crippen LogP contribution in [-0.4, -0.2) is 83.5 Å². The molecule has 29 heavy (non-hydrogen) atoms. The first-order chi connectivity index (χ1) is 14.1. The number of hydrogen-bond acceptors (Lipinski definition) is 5. The van der Waals surface area contributed by atoms with Crippen LogP contribution >= 0.6 is 0 Å². The summed E-state index contributed by atoms with van der Waals surface area (Å²) in [5, 5.41) is 5.51. The van der Waals surface area contributed by atoms with E-state index in [0.717, 1.165) is 23.7 Å². The Morgan fingerprint density at radius 2 is 2.07 bits per heavy atom. The van der Waals surface area contributed by atoms with Crippen LogP contribution < -0.4 is 0 Å². The minimum atomic E-state index is -0.364. The summed E-state index contributed by atoms with van der Waals surface area (Å²) in [6, 6.07) is 7.85. The van der Waals surface area contributed by atoms with Gasteiger partial charge in [0, 0.05) is 44.9 Å². The summed E-state index contributed by atoms with van der Waals surface area (Å²) < 4.78 is 13.0. The molecular formula is C21H28N4O4. The number of benzene rings is 1. The molecule has 0 bridgehead atoms. The number of hydrogen-bond donors (Lipinski definition) is 0. The summed E-state index contributed by atoms with van der Waals surface area (Å²) in [4.78, 5) is 28.8. The molecular weight excluding hydrogens is 372 g/mol. The summed E-state index contributed by atoms with van der Waals surface area (Å²) >= 11 is 0. The van der Waals surface area contributed by atoms with Crippen LogP contribution in [0.1, 0.15) is 19.3 Å². The molecule has 0 unspecified atom stereocenters. The van der Waals surface area contributed by atoms with Gasteiger partial charge in [0.05, 0.1) is 30.8 Å². The number of carbonyl (C=O) groups is 2. The number of aromatic nitrogens is 2. The highest BCUT2D eigenvalue weighted by Crippen LogP contribution is 2.30. The largest absolute Gasteiger partial charge is 0.383 e. The molecule has 4 rings (SSSR count). The quantitative estimate of drug-likeness (QED) is 0.756. The van der Waals surface area contributed by atoms with Crippen molar-refractivity contribution in [2.24, 2.45) is 0 Å². The van der Waals surface area contributed by atoms with Crippen molar-refractivity contribution >= 4 is 22.7 Å². The minimum absolute atomic E-state index is 0.0635. The van der Waals surface area contributed by atoms with Gasteiger partial charge in [0.1, 0.15) is 6.54 Å². The Balaban J connectivity index is 1.36. The minimum Gasteiger partial charge on any atom is -0.383 e. The van der Waals surface area contributed by atoms with Crippen LogP contribution in [0.3, 0.4) is 0 Å². The second kappa shape index (κ2) is 8.51. The van der Waals surface area contributed by atoms with Gasteiger partial charge in [-0.1, -0.05) is 18.2 Å². The molecule has 1 aromatic carbocycles. The zero-order chi connectivity index (χ0) is 20.3. The van der Waals surface area contributed by atoms with E-state index in [1.165, 1.54) is 0 Å². The third-order valence-corrected chi connectivity index (χ3v) is 5.91. The van der Waals surface area contributed by atoms with E-state index in [9.17, 15) is 9.59 Å². The monoisotopic (exact) mass is 400 g/mol. The summed E-state index contributed by atoms with van der Waals surface area (Å²) in [5.74, 6) is 0.178. The number of likely N-dealkylation sites (tertiary alicyclic amines) is 1. The number of piperidine rings is 1. The molecule has 2 aliphatic rings. The van der Waals surface area contributed by atoms with Crippen LogP contribution in [0.15, 0.2) is 30.5 Å². The zero-order valence-electron chi connectivity index (χ0n) is 16.9. The molecule has 2 aliphatic heterocycles. The first kappa shape index (κ1) is 19.8. The fraction of sp³-hybridized carbons (Fsp3) is 0.571. The van der Waals surface area contributed by atoms with Gasteiger partial charge in [0.2, 0.25) is 11.8 Å². The average molecular weight is 400 g/mol. The van der Waals surface area contributed by atoms with Gasteiger partial charge >= 0.3 is 0 Å². The number of rotatable bonds is 5. The van der Waals surface area contributed by atoms with Gasteiger partial charge in [0.25, 0.3) is 0 Å². The van der Waals surface area contributed by atoms with Crippen molar-refractivity contribution in [3.8, 4) is 0 Å². The third kappa shape index (κ3) is 4.43. The average Bonchev–Trinajstić information content (AvgIpc) is 3.07. The molecule has 2 amide bonds. The Morgan fingerprint density at radius 3 is 2.83 bits per heavy atom. The summed E-state index contributed by atoms with van der Waals surface area (Å²) in [5.41, 5.74) is 0.530. The number of carbonyl (C=O) groups excluding carboxylic acids is 2. The molecule has 0 saturated carbocycles. The Kier molecular flexibility index (Phi) is 5.82. The molecule has 0 radical (unpaired) electrons. The lowest BCUT2D eigenvalue weighted by Crippen LogP contribution is -2.53. The maximum absolute atomic E-state index is 12.8. The van der Waals surface area contributed by atoms with Crippen molar-refractivity contribution in [2.75, 3.05) is 46.5 Å². The molecule has 2 fully saturated rings. The Hall–Kier alpha value is -2.45. The van der Waals surface area contributed by atoms with E-state index in [1.54, 1.807) is 11.8 Å². The second-order valence-electron chi connectivity index (χ2n) is 7.86. The number of methoxy groups -OCH3 is 1. The van der Waals surface area contributed by atoms with E-state index in [2.05, 4.69) is 5.10 Å². The number of nitrogens with zero attached hydrogens (tertiary/aromatic N) is 4. The van der Waals surface area contributed by atoms with Crippen molar-refractivity contribution in [1.29, 1.82) is 0 Å². The number of fused-ring (bicyclic) bond motifs is 1. The first-order valence-electron chi connectivity index (χ1n) is 10.2. The van der Waals surface area contributed by atoms with E-state index in [0.29, 0.717) is 45.8 Å². The normalized spacial score (nSPS) is 19.7. The molecule has 3 heterocycles. The van der Waals surface area contributed by atoms with E-state index < -0.39 is 0 Å². The lowest BCUT2D eigenvalue weighted by atomic mass is 9.90. The molecule has 1 spiro atoms. The molecule has 0 aliphatic carbocycles. The lowest BCUT2D eigenvalue weighted by Gasteiger charge is -2.42. The van der Waals surface area contributed by atoms with Crippen LogP contribution in [0.2, 0.25) is 0 Å². The summed E-state index contributed by atoms with van der Waals surface area (Å²) in [6.07, 6.45) is 3.78. The third-order valence-electron chi connectivity index (χ3n) is 5.91. The predicted molar refractivity (Wildman–Crippen MR) is 107 cm³/mol. The smallest absolute Gasteiger partial charge is 0.244 e. The van der Waals surface area contributed by atoms with Gasteiger partial charge < -0.3 is 19.3 Å². The predicted octanol–water partition coefficient (Wildman–Crippen LogP) is 1.29. The Morgan fingerprint density at radius 1 is 1.28 bits per heavy atom. The van der Waals surface area contributed by atoms with E-state index in [4.69, 9.17) is 9.47 Å². The van der Waals surface area contributed by atoms with Gasteiger partial charge in [-0.05, 0) is 18.9 Å². The number of amides is 2. The van der Waals surface area contributed by atoms with E-state index in [1.807, 2.05) is 40.3 Å². The first-order valence-corrected chi connectivity index (χ1v) is 10.2. The topological polar surface area (TPSA) is 76.9 Å². The molecule has 1 aromatic heterocycles. The van der Waals surface area contributed by atoms with Crippen LogP contribution in [-0.2, 0) is 25.6 Å². The van der Waals surface area contributed by atoms with Crippen molar-refractivity contribution < 1.29 is 19.1 Å². The molecule has 2 saturated heterocycles. The fourth-order valence-electron chi connectivity index (χ4n) is 4.20. The maximum Gasteiger partial charge on any atom is 0.244 e. The van der Waals surface area contributed by atoms with Gasteiger partial charge in [-0.15, -0.1) is 0 Å². The molecule has 8 nitrogen and oxygen atoms in total. The van der Waals surface area contributed by atoms with Gasteiger partial charge in [-0.3, -0.25) is 14.3 Å². The highest BCUT2D eigenvalue weighted by Gasteiger charge is 2.41. The number of ether oxygens (including phenoxy) is 2. The molecule has 8 heteroatoms. The zero-order valence-corrected chi connectivity index (χ0v) is 16.9. The fourth-order valence-corrected chi connectivity index (χ4v) is 4.20. The van der Waals surface area contributed by atoms with E-state index in [-0.39, 0.29) is 24.0 Å². The van der Waals surface area contributed by atoms with Crippen molar-refractivity contribution in [1.82, 2.24) is 19.6 Å². The van der Waals surface area contributed by atoms with Gasteiger partial charge in [-0.2, -0.15) is 5.10 Å². The van der Waals surface area contributed by atoms with Crippen LogP contribution in [0.25, 0.3) is 10.9 Å². The molecule has 2 aromatic rings. The van der Waals surface area contributed by atoms with Crippen molar-refractivity contribution in [3.05, 3.63) is 30.5 Å². The van der Waals surface area contributed by atoms with E-state index >= 15 is 0 Å². The van der Waals surface area contributed by atoms with Gasteiger partial charge in [-0.25, -0.2) is 0 Å². The van der Waals surface area contributed by atoms with Crippen LogP contribution in [0.5, 0.6) is 0 Å².